The third-order valence-corrected chi connectivity index (χ3v) is 2.66. The van der Waals surface area contributed by atoms with Crippen molar-refractivity contribution in [1.29, 1.82) is 0 Å². The summed E-state index contributed by atoms with van der Waals surface area (Å²) in [5, 5.41) is 0. The first-order valence-corrected chi connectivity index (χ1v) is 5.60. The number of rotatable bonds is 4. The molecule has 16 heavy (non-hydrogen) atoms. The molecule has 5 heteroatoms. The molecule has 0 aromatic carbocycles. The maximum absolute atomic E-state index is 5.85. The largest absolute Gasteiger partial charge is 0.382 e. The summed E-state index contributed by atoms with van der Waals surface area (Å²) >= 11 is 0. The zero-order valence-electron chi connectivity index (χ0n) is 9.48. The van der Waals surface area contributed by atoms with Crippen molar-refractivity contribution in [2.24, 2.45) is 0 Å². The Labute approximate surface area is 94.5 Å². The van der Waals surface area contributed by atoms with E-state index in [1.165, 1.54) is 12.8 Å². The van der Waals surface area contributed by atoms with Crippen molar-refractivity contribution in [2.75, 3.05) is 11.5 Å². The van der Waals surface area contributed by atoms with E-state index in [0.717, 1.165) is 24.0 Å². The topological polar surface area (TPSA) is 82.8 Å². The smallest absolute Gasteiger partial charge is 0.222 e. The average Bonchev–Trinajstić information content (AvgIpc) is 2.62. The van der Waals surface area contributed by atoms with Crippen molar-refractivity contribution in [3.8, 4) is 0 Å². The molecule has 0 radical (unpaired) electrons. The van der Waals surface area contributed by atoms with Crippen LogP contribution >= 0.6 is 0 Å². The number of anilines is 2. The van der Waals surface area contributed by atoms with Crippen molar-refractivity contribution < 1.29 is 0 Å². The van der Waals surface area contributed by atoms with Gasteiger partial charge < -0.3 is 16.0 Å². The van der Waals surface area contributed by atoms with Crippen LogP contribution in [0.1, 0.15) is 26.2 Å². The zero-order valence-corrected chi connectivity index (χ0v) is 9.48. The van der Waals surface area contributed by atoms with Gasteiger partial charge in [-0.2, -0.15) is 4.98 Å². The van der Waals surface area contributed by atoms with Crippen LogP contribution in [0.25, 0.3) is 11.0 Å². The Bertz CT molecular complexity index is 488. The minimum atomic E-state index is 0.233. The lowest BCUT2D eigenvalue weighted by Gasteiger charge is -2.06. The number of aromatic nitrogens is 3. The number of hydrogen-bond acceptors (Lipinski definition) is 4. The first-order valence-electron chi connectivity index (χ1n) is 5.60. The van der Waals surface area contributed by atoms with Crippen LogP contribution in [0.2, 0.25) is 0 Å². The van der Waals surface area contributed by atoms with Crippen LogP contribution in [-0.4, -0.2) is 14.5 Å². The zero-order chi connectivity index (χ0) is 11.5. The summed E-state index contributed by atoms with van der Waals surface area (Å²) in [4.78, 5) is 8.14. The number of aryl methyl sites for hydroxylation is 1. The second kappa shape index (κ2) is 4.38. The van der Waals surface area contributed by atoms with E-state index < -0.39 is 0 Å². The maximum Gasteiger partial charge on any atom is 0.222 e. The molecule has 86 valence electrons. The Morgan fingerprint density at radius 3 is 2.81 bits per heavy atom. The van der Waals surface area contributed by atoms with Crippen LogP contribution in [0, 0.1) is 0 Å². The van der Waals surface area contributed by atoms with Gasteiger partial charge in [0.25, 0.3) is 0 Å². The van der Waals surface area contributed by atoms with E-state index in [0.29, 0.717) is 5.82 Å². The van der Waals surface area contributed by atoms with Gasteiger partial charge in [-0.1, -0.05) is 19.8 Å². The molecule has 0 unspecified atom stereocenters. The molecule has 5 nitrogen and oxygen atoms in total. The average molecular weight is 219 g/mol. The molecule has 0 aliphatic carbocycles. The van der Waals surface area contributed by atoms with Gasteiger partial charge in [-0.05, 0) is 12.5 Å². The molecule has 0 aliphatic rings. The highest BCUT2D eigenvalue weighted by Gasteiger charge is 2.08. The molecule has 2 rings (SSSR count). The second-order valence-corrected chi connectivity index (χ2v) is 3.92. The number of nitrogen functional groups attached to an aromatic ring is 2. The van der Waals surface area contributed by atoms with Crippen LogP contribution in [0.5, 0.6) is 0 Å². The van der Waals surface area contributed by atoms with Crippen molar-refractivity contribution in [3.05, 3.63) is 12.3 Å². The van der Waals surface area contributed by atoms with Gasteiger partial charge >= 0.3 is 0 Å². The van der Waals surface area contributed by atoms with Crippen molar-refractivity contribution in [1.82, 2.24) is 14.5 Å². The maximum atomic E-state index is 5.85. The second-order valence-electron chi connectivity index (χ2n) is 3.92. The Kier molecular flexibility index (Phi) is 2.94. The fraction of sp³-hybridized carbons (Fsp3) is 0.455. The van der Waals surface area contributed by atoms with Crippen molar-refractivity contribution >= 4 is 22.8 Å². The molecule has 0 amide bonds. The summed E-state index contributed by atoms with van der Waals surface area (Å²) in [6.45, 7) is 3.14. The molecule has 4 N–H and O–H groups in total. The molecule has 0 atom stereocenters. The lowest BCUT2D eigenvalue weighted by Crippen LogP contribution is -2.04. The summed E-state index contributed by atoms with van der Waals surface area (Å²) in [5.74, 6) is 0.695. The van der Waals surface area contributed by atoms with Crippen LogP contribution in [0.4, 0.5) is 11.8 Å². The molecular weight excluding hydrogens is 202 g/mol. The number of fused-ring (bicyclic) bond motifs is 1. The van der Waals surface area contributed by atoms with Gasteiger partial charge in [0, 0.05) is 12.7 Å². The fourth-order valence-electron chi connectivity index (χ4n) is 1.87. The molecule has 0 aliphatic heterocycles. The summed E-state index contributed by atoms with van der Waals surface area (Å²) in [7, 11) is 0. The highest BCUT2D eigenvalue weighted by Crippen LogP contribution is 2.20. The molecule has 2 aromatic heterocycles. The van der Waals surface area contributed by atoms with Gasteiger partial charge in [0.1, 0.15) is 5.52 Å². The Morgan fingerprint density at radius 2 is 2.06 bits per heavy atom. The third kappa shape index (κ3) is 1.93. The molecule has 2 heterocycles. The molecule has 0 saturated heterocycles. The monoisotopic (exact) mass is 219 g/mol. The fourth-order valence-corrected chi connectivity index (χ4v) is 1.87. The predicted molar refractivity (Wildman–Crippen MR) is 65.9 cm³/mol. The Balaban J connectivity index is 2.33. The van der Waals surface area contributed by atoms with E-state index in [2.05, 4.69) is 21.5 Å². The standard InChI is InChI=1S/C11H17N5/c1-2-3-4-6-16-7-5-8-9(16)10(12)15-11(13)14-8/h5,7H,2-4,6H2,1H3,(H4,12,13,14,15). The molecule has 0 spiro atoms. The minimum absolute atomic E-state index is 0.233. The van der Waals surface area contributed by atoms with E-state index in [1.54, 1.807) is 0 Å². The summed E-state index contributed by atoms with van der Waals surface area (Å²) in [6.07, 6.45) is 5.56. The van der Waals surface area contributed by atoms with Gasteiger partial charge in [-0.3, -0.25) is 0 Å². The minimum Gasteiger partial charge on any atom is -0.382 e. The SMILES string of the molecule is CCCCCn1ccc2nc(N)nc(N)c21. The van der Waals surface area contributed by atoms with Crippen molar-refractivity contribution in [3.63, 3.8) is 0 Å². The van der Waals surface area contributed by atoms with E-state index >= 15 is 0 Å². The summed E-state index contributed by atoms with van der Waals surface area (Å²) in [5.41, 5.74) is 13.1. The van der Waals surface area contributed by atoms with Gasteiger partial charge in [0.15, 0.2) is 5.82 Å². The normalized spacial score (nSPS) is 11.1. The summed E-state index contributed by atoms with van der Waals surface area (Å²) in [6, 6.07) is 1.93. The van der Waals surface area contributed by atoms with Crippen LogP contribution in [0.15, 0.2) is 12.3 Å². The Hall–Kier alpha value is -1.78. The molecule has 0 bridgehead atoms. The highest BCUT2D eigenvalue weighted by atomic mass is 15.1. The molecule has 2 aromatic rings. The van der Waals surface area contributed by atoms with Gasteiger partial charge in [-0.15, -0.1) is 0 Å². The molecule has 0 saturated carbocycles. The summed E-state index contributed by atoms with van der Waals surface area (Å²) < 4.78 is 2.10. The number of hydrogen-bond donors (Lipinski definition) is 2. The number of nitrogens with zero attached hydrogens (tertiary/aromatic N) is 3. The first-order chi connectivity index (χ1) is 7.72. The third-order valence-electron chi connectivity index (χ3n) is 2.66. The lowest BCUT2D eigenvalue weighted by atomic mass is 10.2. The van der Waals surface area contributed by atoms with Gasteiger partial charge in [0.2, 0.25) is 5.95 Å². The van der Waals surface area contributed by atoms with Crippen molar-refractivity contribution in [2.45, 2.75) is 32.7 Å². The number of nitrogens with two attached hydrogens (primary N) is 2. The first kappa shape index (κ1) is 10.7. The predicted octanol–water partition coefficient (Wildman–Crippen LogP) is 1.79. The van der Waals surface area contributed by atoms with E-state index in [4.69, 9.17) is 11.5 Å². The van der Waals surface area contributed by atoms with Crippen LogP contribution in [-0.2, 0) is 6.54 Å². The molecule has 0 fully saturated rings. The Morgan fingerprint density at radius 1 is 1.25 bits per heavy atom. The van der Waals surface area contributed by atoms with Gasteiger partial charge in [0.05, 0.1) is 5.52 Å². The lowest BCUT2D eigenvalue weighted by molar-refractivity contribution is 0.616. The quantitative estimate of drug-likeness (QED) is 0.768. The van der Waals surface area contributed by atoms with E-state index in [9.17, 15) is 0 Å². The number of unbranched alkanes of at least 4 members (excludes halogenated alkanes) is 2. The highest BCUT2D eigenvalue weighted by molar-refractivity contribution is 5.86. The van der Waals surface area contributed by atoms with E-state index in [-0.39, 0.29) is 5.95 Å². The van der Waals surface area contributed by atoms with Gasteiger partial charge in [-0.25, -0.2) is 4.98 Å². The molecular formula is C11H17N5. The van der Waals surface area contributed by atoms with Crippen LogP contribution in [0.3, 0.4) is 0 Å². The van der Waals surface area contributed by atoms with E-state index in [1.807, 2.05) is 12.3 Å². The van der Waals surface area contributed by atoms with Crippen LogP contribution < -0.4 is 11.5 Å².